The highest BCUT2D eigenvalue weighted by molar-refractivity contribution is 6.30. The lowest BCUT2D eigenvalue weighted by Gasteiger charge is -2.17. The van der Waals surface area contributed by atoms with E-state index in [1.165, 1.54) is 18.2 Å². The average Bonchev–Trinajstić information content (AvgIpc) is 2.45. The van der Waals surface area contributed by atoms with Crippen molar-refractivity contribution in [2.75, 3.05) is 0 Å². The fourth-order valence-corrected chi connectivity index (χ4v) is 2.29. The van der Waals surface area contributed by atoms with Crippen LogP contribution in [0.4, 0.5) is 8.78 Å². The molecule has 0 radical (unpaired) electrons. The van der Waals surface area contributed by atoms with Gasteiger partial charge in [-0.15, -0.1) is 0 Å². The molecule has 0 aliphatic heterocycles. The molecule has 1 unspecified atom stereocenters. The molecule has 2 rings (SSSR count). The number of hydrogen-bond donors (Lipinski definition) is 1. The molecule has 1 atom stereocenters. The monoisotopic (exact) mass is 295 g/mol. The summed E-state index contributed by atoms with van der Waals surface area (Å²) >= 11 is 5.75. The minimum Gasteiger partial charge on any atom is -0.306 e. The Hall–Kier alpha value is -1.45. The second-order valence-electron chi connectivity index (χ2n) is 4.64. The van der Waals surface area contributed by atoms with Gasteiger partial charge in [-0.2, -0.15) is 0 Å². The van der Waals surface area contributed by atoms with Crippen LogP contribution in [0.5, 0.6) is 0 Å². The van der Waals surface area contributed by atoms with Crippen LogP contribution in [-0.4, -0.2) is 0 Å². The van der Waals surface area contributed by atoms with Crippen molar-refractivity contribution in [3.63, 3.8) is 0 Å². The highest BCUT2D eigenvalue weighted by Crippen LogP contribution is 2.19. The summed E-state index contributed by atoms with van der Waals surface area (Å²) in [5.74, 6) is -0.657. The van der Waals surface area contributed by atoms with Gasteiger partial charge in [-0.05, 0) is 41.8 Å². The van der Waals surface area contributed by atoms with Crippen LogP contribution in [0.2, 0.25) is 5.02 Å². The molecule has 0 aliphatic carbocycles. The van der Waals surface area contributed by atoms with Crippen LogP contribution in [0.15, 0.2) is 42.5 Å². The predicted molar refractivity (Wildman–Crippen MR) is 77.7 cm³/mol. The van der Waals surface area contributed by atoms with E-state index in [9.17, 15) is 8.78 Å². The molecule has 106 valence electrons. The largest absolute Gasteiger partial charge is 0.306 e. The first-order valence-corrected chi connectivity index (χ1v) is 6.90. The van der Waals surface area contributed by atoms with E-state index >= 15 is 0 Å². The lowest BCUT2D eigenvalue weighted by molar-refractivity contribution is 0.517. The molecule has 1 nitrogen and oxygen atoms in total. The van der Waals surface area contributed by atoms with Gasteiger partial charge in [0.05, 0.1) is 5.02 Å². The third-order valence-corrected chi connectivity index (χ3v) is 3.51. The highest BCUT2D eigenvalue weighted by atomic mass is 35.5. The van der Waals surface area contributed by atoms with Gasteiger partial charge < -0.3 is 5.32 Å². The zero-order valence-electron chi connectivity index (χ0n) is 11.2. The number of benzene rings is 2. The first-order chi connectivity index (χ1) is 9.60. The molecule has 0 saturated carbocycles. The zero-order chi connectivity index (χ0) is 14.5. The van der Waals surface area contributed by atoms with E-state index in [4.69, 9.17) is 11.6 Å². The van der Waals surface area contributed by atoms with Crippen molar-refractivity contribution in [3.05, 3.63) is 70.2 Å². The Bertz CT molecular complexity index is 569. The lowest BCUT2D eigenvalue weighted by atomic mass is 10.0. The Labute approximate surface area is 122 Å². The van der Waals surface area contributed by atoms with E-state index in [1.54, 1.807) is 24.3 Å². The molecule has 0 bridgehead atoms. The molecule has 0 aromatic heterocycles. The first-order valence-electron chi connectivity index (χ1n) is 6.53. The predicted octanol–water partition coefficient (Wildman–Crippen LogP) is 4.86. The molecule has 0 amide bonds. The average molecular weight is 296 g/mol. The Morgan fingerprint density at radius 2 is 1.80 bits per heavy atom. The molecule has 4 heteroatoms. The standard InChI is InChI=1S/C16H16ClF2N/c1-2-16(12-4-6-13(18)7-5-12)20-10-11-3-8-15(19)14(17)9-11/h3-9,16,20H,2,10H2,1H3. The number of hydrogen-bond acceptors (Lipinski definition) is 1. The second-order valence-corrected chi connectivity index (χ2v) is 5.05. The van der Waals surface area contributed by atoms with Gasteiger partial charge >= 0.3 is 0 Å². The fourth-order valence-electron chi connectivity index (χ4n) is 2.08. The van der Waals surface area contributed by atoms with Crippen LogP contribution in [0.1, 0.15) is 30.5 Å². The summed E-state index contributed by atoms with van der Waals surface area (Å²) in [7, 11) is 0. The minimum absolute atomic E-state index is 0.124. The van der Waals surface area contributed by atoms with Crippen LogP contribution in [0, 0.1) is 11.6 Å². The molecule has 20 heavy (non-hydrogen) atoms. The van der Waals surface area contributed by atoms with E-state index in [0.717, 1.165) is 17.5 Å². The van der Waals surface area contributed by atoms with Crippen LogP contribution in [0.3, 0.4) is 0 Å². The third-order valence-electron chi connectivity index (χ3n) is 3.22. The molecule has 0 heterocycles. The summed E-state index contributed by atoms with van der Waals surface area (Å²) in [6.07, 6.45) is 0.876. The summed E-state index contributed by atoms with van der Waals surface area (Å²) in [5.41, 5.74) is 1.94. The molecular weight excluding hydrogens is 280 g/mol. The van der Waals surface area contributed by atoms with Crippen molar-refractivity contribution in [1.82, 2.24) is 5.32 Å². The third kappa shape index (κ3) is 3.78. The minimum atomic E-state index is -0.416. The maximum absolute atomic E-state index is 13.1. The SMILES string of the molecule is CCC(NCc1ccc(F)c(Cl)c1)c1ccc(F)cc1. The van der Waals surface area contributed by atoms with Crippen molar-refractivity contribution in [3.8, 4) is 0 Å². The second kappa shape index (κ2) is 6.82. The molecule has 2 aromatic rings. The molecule has 0 fully saturated rings. The first kappa shape index (κ1) is 14.9. The van der Waals surface area contributed by atoms with Crippen molar-refractivity contribution >= 4 is 11.6 Å². The molecule has 0 spiro atoms. The molecule has 0 aliphatic rings. The quantitative estimate of drug-likeness (QED) is 0.830. The summed E-state index contributed by atoms with van der Waals surface area (Å²) in [6.45, 7) is 2.63. The van der Waals surface area contributed by atoms with Crippen LogP contribution in [0.25, 0.3) is 0 Å². The summed E-state index contributed by atoms with van der Waals surface area (Å²) < 4.78 is 26.0. The normalized spacial score (nSPS) is 12.4. The fraction of sp³-hybridized carbons (Fsp3) is 0.250. The van der Waals surface area contributed by atoms with E-state index < -0.39 is 5.82 Å². The lowest BCUT2D eigenvalue weighted by Crippen LogP contribution is -2.20. The summed E-state index contributed by atoms with van der Waals surface area (Å²) in [6, 6.07) is 11.2. The van der Waals surface area contributed by atoms with Crippen LogP contribution in [-0.2, 0) is 6.54 Å². The molecule has 0 saturated heterocycles. The van der Waals surface area contributed by atoms with Crippen molar-refractivity contribution in [2.45, 2.75) is 25.9 Å². The number of halogens is 3. The molecule has 2 aromatic carbocycles. The van der Waals surface area contributed by atoms with Crippen molar-refractivity contribution in [1.29, 1.82) is 0 Å². The topological polar surface area (TPSA) is 12.0 Å². The van der Waals surface area contributed by atoms with E-state index in [0.29, 0.717) is 6.54 Å². The van der Waals surface area contributed by atoms with Gasteiger partial charge in [0.1, 0.15) is 11.6 Å². The van der Waals surface area contributed by atoms with Gasteiger partial charge in [0.2, 0.25) is 0 Å². The van der Waals surface area contributed by atoms with Gasteiger partial charge in [-0.3, -0.25) is 0 Å². The maximum atomic E-state index is 13.1. The maximum Gasteiger partial charge on any atom is 0.141 e. The van der Waals surface area contributed by atoms with Crippen LogP contribution < -0.4 is 5.32 Å². The molecular formula is C16H16ClF2N. The zero-order valence-corrected chi connectivity index (χ0v) is 11.9. The Morgan fingerprint density at radius 1 is 1.10 bits per heavy atom. The van der Waals surface area contributed by atoms with Gasteiger partial charge in [0, 0.05) is 12.6 Å². The Morgan fingerprint density at radius 3 is 2.40 bits per heavy atom. The molecule has 1 N–H and O–H groups in total. The van der Waals surface area contributed by atoms with Gasteiger partial charge in [0.25, 0.3) is 0 Å². The number of nitrogens with one attached hydrogen (secondary N) is 1. The van der Waals surface area contributed by atoms with Gasteiger partial charge in [0.15, 0.2) is 0 Å². The Balaban J connectivity index is 2.03. The van der Waals surface area contributed by atoms with E-state index in [2.05, 4.69) is 12.2 Å². The number of rotatable bonds is 5. The van der Waals surface area contributed by atoms with Gasteiger partial charge in [-0.1, -0.05) is 36.7 Å². The van der Waals surface area contributed by atoms with Crippen molar-refractivity contribution < 1.29 is 8.78 Å². The van der Waals surface area contributed by atoms with E-state index in [-0.39, 0.29) is 16.9 Å². The smallest absolute Gasteiger partial charge is 0.141 e. The van der Waals surface area contributed by atoms with E-state index in [1.807, 2.05) is 0 Å². The highest BCUT2D eigenvalue weighted by Gasteiger charge is 2.09. The van der Waals surface area contributed by atoms with Crippen molar-refractivity contribution in [2.24, 2.45) is 0 Å². The van der Waals surface area contributed by atoms with Gasteiger partial charge in [-0.25, -0.2) is 8.78 Å². The summed E-state index contributed by atoms with van der Waals surface area (Å²) in [4.78, 5) is 0. The van der Waals surface area contributed by atoms with Crippen LogP contribution >= 0.6 is 11.6 Å². The summed E-state index contributed by atoms with van der Waals surface area (Å²) in [5, 5.41) is 3.49. The Kier molecular flexibility index (Phi) is 5.10.